The molecule has 0 aliphatic carbocycles. The molecule has 0 heterocycles. The molecular formula is C5H3Cl4O2-. The molecule has 0 bridgehead atoms. The highest BCUT2D eigenvalue weighted by atomic mass is 35.6. The molecule has 0 aromatic rings. The van der Waals surface area contributed by atoms with E-state index in [4.69, 9.17) is 46.4 Å². The van der Waals surface area contributed by atoms with Gasteiger partial charge in [0.05, 0.1) is 5.97 Å². The van der Waals surface area contributed by atoms with E-state index in [0.717, 1.165) is 6.08 Å². The van der Waals surface area contributed by atoms with Crippen molar-refractivity contribution in [3.05, 3.63) is 11.6 Å². The maximum absolute atomic E-state index is 10.2. The van der Waals surface area contributed by atoms with E-state index in [1.807, 2.05) is 0 Å². The summed E-state index contributed by atoms with van der Waals surface area (Å²) in [5.74, 6) is -1.69. The number of carbonyl (C=O) groups excluding carboxylic acids is 1. The molecule has 0 saturated heterocycles. The van der Waals surface area contributed by atoms with Crippen molar-refractivity contribution in [2.24, 2.45) is 0 Å². The fourth-order valence-corrected chi connectivity index (χ4v) is 0.931. The summed E-state index contributed by atoms with van der Waals surface area (Å²) in [5, 5.41) is 10.2. The predicted molar refractivity (Wildman–Crippen MR) is 44.1 cm³/mol. The Kier molecular flexibility index (Phi) is 4.56. The van der Waals surface area contributed by atoms with E-state index >= 15 is 0 Å². The molecule has 0 aromatic carbocycles. The lowest BCUT2D eigenvalue weighted by molar-refractivity contribution is -0.299. The third-order valence-electron chi connectivity index (χ3n) is 0.744. The number of allylic oxidation sites excluding steroid dienone is 1. The van der Waals surface area contributed by atoms with Crippen LogP contribution in [0.25, 0.3) is 0 Å². The lowest BCUT2D eigenvalue weighted by Crippen LogP contribution is -2.26. The summed E-state index contributed by atoms with van der Waals surface area (Å²) in [6, 6.07) is 0. The minimum atomic E-state index is -1.75. The van der Waals surface area contributed by atoms with E-state index in [2.05, 4.69) is 0 Å². The molecule has 0 aliphatic rings. The monoisotopic (exact) mass is 235 g/mol. The molecule has 0 aromatic heterocycles. The van der Waals surface area contributed by atoms with Gasteiger partial charge in [-0.15, -0.1) is 11.6 Å². The fraction of sp³-hybridized carbons (Fsp3) is 0.400. The van der Waals surface area contributed by atoms with Crippen molar-refractivity contribution in [2.75, 3.05) is 5.88 Å². The maximum Gasteiger partial charge on any atom is 0.209 e. The summed E-state index contributed by atoms with van der Waals surface area (Å²) < 4.78 is -1.75. The second-order valence-corrected chi connectivity index (χ2v) is 4.27. The van der Waals surface area contributed by atoms with Crippen LogP contribution in [-0.4, -0.2) is 15.6 Å². The number of hydrogen-bond acceptors (Lipinski definition) is 2. The highest BCUT2D eigenvalue weighted by Crippen LogP contribution is 2.28. The van der Waals surface area contributed by atoms with E-state index in [1.165, 1.54) is 0 Å². The van der Waals surface area contributed by atoms with Crippen molar-refractivity contribution < 1.29 is 9.90 Å². The van der Waals surface area contributed by atoms with Crippen molar-refractivity contribution in [1.29, 1.82) is 0 Å². The minimum absolute atomic E-state index is 0.244. The van der Waals surface area contributed by atoms with Gasteiger partial charge in [-0.25, -0.2) is 0 Å². The Bertz CT molecular complexity index is 181. The zero-order chi connectivity index (χ0) is 9.07. The molecule has 6 heteroatoms. The number of hydrogen-bond donors (Lipinski definition) is 0. The van der Waals surface area contributed by atoms with Crippen LogP contribution in [0.5, 0.6) is 0 Å². The Morgan fingerprint density at radius 3 is 2.00 bits per heavy atom. The third-order valence-corrected chi connectivity index (χ3v) is 1.36. The normalized spacial score (nSPS) is 13.3. The lowest BCUT2D eigenvalue weighted by atomic mass is 10.3. The Balaban J connectivity index is 4.49. The molecule has 0 amide bonds. The molecule has 0 saturated carbocycles. The largest absolute Gasteiger partial charge is 0.545 e. The molecule has 0 N–H and O–H groups in total. The summed E-state index contributed by atoms with van der Waals surface area (Å²) >= 11 is 21.0. The summed E-state index contributed by atoms with van der Waals surface area (Å²) in [5.41, 5.74) is -0.244. The molecule has 2 nitrogen and oxygen atoms in total. The van der Waals surface area contributed by atoms with E-state index in [-0.39, 0.29) is 11.5 Å². The smallest absolute Gasteiger partial charge is 0.209 e. The van der Waals surface area contributed by atoms with Gasteiger partial charge in [-0.2, -0.15) is 0 Å². The molecular weight excluding hydrogens is 234 g/mol. The van der Waals surface area contributed by atoms with Crippen LogP contribution in [0.3, 0.4) is 0 Å². The summed E-state index contributed by atoms with van der Waals surface area (Å²) in [6.07, 6.45) is 0.903. The first kappa shape index (κ1) is 11.4. The SMILES string of the molecule is O=C([O-])/C(=C/C(Cl)(Cl)Cl)CCl. The van der Waals surface area contributed by atoms with E-state index in [9.17, 15) is 9.90 Å². The van der Waals surface area contributed by atoms with Crippen molar-refractivity contribution >= 4 is 52.4 Å². The van der Waals surface area contributed by atoms with E-state index in [1.54, 1.807) is 0 Å². The van der Waals surface area contributed by atoms with Crippen molar-refractivity contribution in [3.8, 4) is 0 Å². The summed E-state index contributed by atoms with van der Waals surface area (Å²) in [7, 11) is 0. The number of carbonyl (C=O) groups is 1. The van der Waals surface area contributed by atoms with Crippen LogP contribution in [0.1, 0.15) is 0 Å². The van der Waals surface area contributed by atoms with Crippen LogP contribution >= 0.6 is 46.4 Å². The first-order valence-corrected chi connectivity index (χ1v) is 4.09. The lowest BCUT2D eigenvalue weighted by Gasteiger charge is -2.09. The number of carboxylic acids is 1. The van der Waals surface area contributed by atoms with Crippen LogP contribution < -0.4 is 5.11 Å². The standard InChI is InChI=1S/C5H4Cl4O2/c6-2-3(4(10)11)1-5(7,8)9/h1H,2H2,(H,10,11)/p-1/b3-1+. The number of halogens is 4. The van der Waals surface area contributed by atoms with Gasteiger partial charge in [0.2, 0.25) is 3.79 Å². The van der Waals surface area contributed by atoms with E-state index in [0.29, 0.717) is 0 Å². The van der Waals surface area contributed by atoms with Crippen LogP contribution in [-0.2, 0) is 4.79 Å². The van der Waals surface area contributed by atoms with Gasteiger partial charge >= 0.3 is 0 Å². The quantitative estimate of drug-likeness (QED) is 0.535. The summed E-state index contributed by atoms with van der Waals surface area (Å²) in [4.78, 5) is 10.2. The van der Waals surface area contributed by atoms with Gasteiger partial charge in [-0.1, -0.05) is 34.8 Å². The minimum Gasteiger partial charge on any atom is -0.545 e. The molecule has 0 atom stereocenters. The first-order valence-electron chi connectivity index (χ1n) is 2.42. The number of carboxylic acid groups (broad SMARTS) is 1. The van der Waals surface area contributed by atoms with Crippen molar-refractivity contribution in [3.63, 3.8) is 0 Å². The number of rotatable bonds is 2. The second kappa shape index (κ2) is 4.41. The van der Waals surface area contributed by atoms with Crippen LogP contribution in [0.15, 0.2) is 11.6 Å². The summed E-state index contributed by atoms with van der Waals surface area (Å²) in [6.45, 7) is 0. The molecule has 64 valence electrons. The van der Waals surface area contributed by atoms with Crippen molar-refractivity contribution in [2.45, 2.75) is 3.79 Å². The van der Waals surface area contributed by atoms with Crippen molar-refractivity contribution in [1.82, 2.24) is 0 Å². The van der Waals surface area contributed by atoms with Crippen LogP contribution in [0, 0.1) is 0 Å². The average molecular weight is 237 g/mol. The average Bonchev–Trinajstić information content (AvgIpc) is 1.80. The highest BCUT2D eigenvalue weighted by molar-refractivity contribution is 6.69. The van der Waals surface area contributed by atoms with Gasteiger partial charge in [0.1, 0.15) is 0 Å². The van der Waals surface area contributed by atoms with Gasteiger partial charge in [0.15, 0.2) is 0 Å². The van der Waals surface area contributed by atoms with Gasteiger partial charge < -0.3 is 9.90 Å². The van der Waals surface area contributed by atoms with Gasteiger partial charge in [0, 0.05) is 5.88 Å². The number of alkyl halides is 4. The van der Waals surface area contributed by atoms with Crippen LogP contribution in [0.4, 0.5) is 0 Å². The highest BCUT2D eigenvalue weighted by Gasteiger charge is 2.16. The van der Waals surface area contributed by atoms with E-state index < -0.39 is 9.76 Å². The molecule has 0 unspecified atom stereocenters. The molecule has 11 heavy (non-hydrogen) atoms. The Morgan fingerprint density at radius 2 is 1.91 bits per heavy atom. The molecule has 0 spiro atoms. The molecule has 0 radical (unpaired) electrons. The third kappa shape index (κ3) is 5.62. The molecule has 0 aliphatic heterocycles. The topological polar surface area (TPSA) is 40.1 Å². The Labute approximate surface area is 83.7 Å². The van der Waals surface area contributed by atoms with Gasteiger partial charge in [-0.05, 0) is 11.6 Å². The fourth-order valence-electron chi connectivity index (χ4n) is 0.350. The Morgan fingerprint density at radius 1 is 1.45 bits per heavy atom. The predicted octanol–water partition coefficient (Wildman–Crippen LogP) is 1.27. The number of aliphatic carboxylic acids is 1. The van der Waals surface area contributed by atoms with Crippen LogP contribution in [0.2, 0.25) is 0 Å². The molecule has 0 fully saturated rings. The zero-order valence-corrected chi connectivity index (χ0v) is 8.14. The second-order valence-electron chi connectivity index (χ2n) is 1.63. The van der Waals surface area contributed by atoms with Gasteiger partial charge in [-0.3, -0.25) is 0 Å². The molecule has 0 rings (SSSR count). The first-order chi connectivity index (χ1) is 4.87. The Hall–Kier alpha value is 0.370. The maximum atomic E-state index is 10.2. The zero-order valence-electron chi connectivity index (χ0n) is 5.11. The van der Waals surface area contributed by atoms with Gasteiger partial charge in [0.25, 0.3) is 0 Å².